The molecule has 0 atom stereocenters. The van der Waals surface area contributed by atoms with Crippen LogP contribution in [0.4, 0.5) is 10.5 Å². The molecule has 2 amide bonds. The fourth-order valence-electron chi connectivity index (χ4n) is 4.75. The van der Waals surface area contributed by atoms with Gasteiger partial charge in [-0.1, -0.05) is 24.3 Å². The minimum atomic E-state index is -0.107. The van der Waals surface area contributed by atoms with Crippen LogP contribution >= 0.6 is 0 Å². The zero-order valence-corrected chi connectivity index (χ0v) is 19.2. The fraction of sp³-hybridized carbons (Fsp3) is 0.423. The van der Waals surface area contributed by atoms with Crippen LogP contribution in [-0.2, 0) is 6.54 Å². The van der Waals surface area contributed by atoms with Crippen molar-refractivity contribution in [3.05, 3.63) is 65.2 Å². The summed E-state index contributed by atoms with van der Waals surface area (Å²) in [4.78, 5) is 31.1. The van der Waals surface area contributed by atoms with Gasteiger partial charge in [0.2, 0.25) is 0 Å². The van der Waals surface area contributed by atoms with Gasteiger partial charge in [0.15, 0.2) is 5.78 Å². The van der Waals surface area contributed by atoms with Gasteiger partial charge in [-0.25, -0.2) is 4.79 Å². The Labute approximate surface area is 195 Å². The predicted molar refractivity (Wildman–Crippen MR) is 128 cm³/mol. The van der Waals surface area contributed by atoms with Gasteiger partial charge in [0.1, 0.15) is 0 Å². The number of benzene rings is 2. The molecule has 0 radical (unpaired) electrons. The summed E-state index contributed by atoms with van der Waals surface area (Å²) in [6, 6.07) is 17.6. The summed E-state index contributed by atoms with van der Waals surface area (Å²) >= 11 is 0. The maximum atomic E-state index is 12.7. The lowest BCUT2D eigenvalue weighted by Crippen LogP contribution is -2.54. The molecule has 2 aromatic carbocycles. The molecule has 0 aromatic heterocycles. The number of anilines is 1. The molecule has 2 aliphatic heterocycles. The number of hydrogen-bond donors (Lipinski definition) is 1. The first-order chi connectivity index (χ1) is 16.0. The van der Waals surface area contributed by atoms with Crippen LogP contribution in [0.5, 0.6) is 0 Å². The molecule has 2 fully saturated rings. The highest BCUT2D eigenvalue weighted by molar-refractivity contribution is 5.96. The van der Waals surface area contributed by atoms with Crippen LogP contribution in [0.2, 0.25) is 0 Å². The highest BCUT2D eigenvalue weighted by Crippen LogP contribution is 2.21. The maximum absolute atomic E-state index is 12.7. The number of nitriles is 1. The van der Waals surface area contributed by atoms with E-state index in [9.17, 15) is 9.59 Å². The highest BCUT2D eigenvalue weighted by atomic mass is 16.2. The molecule has 0 aliphatic carbocycles. The maximum Gasteiger partial charge on any atom is 0.321 e. The fourth-order valence-corrected chi connectivity index (χ4v) is 4.75. The lowest BCUT2D eigenvalue weighted by molar-refractivity contribution is 0.0690. The number of piperazine rings is 1. The minimum absolute atomic E-state index is 0.0125. The predicted octanol–water partition coefficient (Wildman–Crippen LogP) is 3.57. The van der Waals surface area contributed by atoms with Crippen molar-refractivity contribution in [2.75, 3.05) is 44.6 Å². The van der Waals surface area contributed by atoms with Gasteiger partial charge in [0, 0.05) is 50.0 Å². The van der Waals surface area contributed by atoms with E-state index in [2.05, 4.69) is 27.3 Å². The SMILES string of the molecule is CC(=O)c1cccc(NC(=O)N2CCN(C3CCN(Cc4cccc(C#N)c4)CC3)CC2)c1. The number of ketones is 1. The molecule has 2 aromatic rings. The first-order valence-corrected chi connectivity index (χ1v) is 11.6. The summed E-state index contributed by atoms with van der Waals surface area (Å²) in [5, 5.41) is 12.0. The van der Waals surface area contributed by atoms with E-state index in [1.54, 1.807) is 18.2 Å². The number of urea groups is 1. The van der Waals surface area contributed by atoms with E-state index < -0.39 is 0 Å². The van der Waals surface area contributed by atoms with E-state index >= 15 is 0 Å². The van der Waals surface area contributed by atoms with Crippen molar-refractivity contribution in [3.8, 4) is 6.07 Å². The first kappa shape index (κ1) is 23.0. The van der Waals surface area contributed by atoms with Crippen molar-refractivity contribution in [3.63, 3.8) is 0 Å². The number of hydrogen-bond acceptors (Lipinski definition) is 5. The average molecular weight is 446 g/mol. The smallest absolute Gasteiger partial charge is 0.321 e. The van der Waals surface area contributed by atoms with E-state index in [1.807, 2.05) is 29.2 Å². The lowest BCUT2D eigenvalue weighted by Gasteiger charge is -2.42. The van der Waals surface area contributed by atoms with Gasteiger partial charge in [-0.3, -0.25) is 14.6 Å². The molecule has 7 heteroatoms. The third kappa shape index (κ3) is 5.98. The third-order valence-electron chi connectivity index (χ3n) is 6.66. The number of Topliss-reactive ketones (excluding diaryl/α,β-unsaturated/α-hetero) is 1. The van der Waals surface area contributed by atoms with Crippen LogP contribution in [0.1, 0.15) is 41.3 Å². The quantitative estimate of drug-likeness (QED) is 0.712. The zero-order valence-electron chi connectivity index (χ0n) is 19.2. The monoisotopic (exact) mass is 445 g/mol. The van der Waals surface area contributed by atoms with Crippen molar-refractivity contribution in [2.45, 2.75) is 32.4 Å². The zero-order chi connectivity index (χ0) is 23.2. The topological polar surface area (TPSA) is 79.7 Å². The number of carbonyl (C=O) groups is 2. The molecule has 2 aliphatic rings. The molecule has 0 saturated carbocycles. The molecular weight excluding hydrogens is 414 g/mol. The van der Waals surface area contributed by atoms with Crippen molar-refractivity contribution < 1.29 is 9.59 Å². The second-order valence-electron chi connectivity index (χ2n) is 8.91. The summed E-state index contributed by atoms with van der Waals surface area (Å²) in [7, 11) is 0. The van der Waals surface area contributed by atoms with Gasteiger partial charge in [-0.2, -0.15) is 5.26 Å². The highest BCUT2D eigenvalue weighted by Gasteiger charge is 2.29. The summed E-state index contributed by atoms with van der Waals surface area (Å²) in [5.41, 5.74) is 3.17. The van der Waals surface area contributed by atoms with E-state index in [0.717, 1.165) is 51.1 Å². The van der Waals surface area contributed by atoms with Crippen LogP contribution in [-0.4, -0.2) is 71.8 Å². The van der Waals surface area contributed by atoms with E-state index in [4.69, 9.17) is 5.26 Å². The molecular formula is C26H31N5O2. The number of nitrogens with one attached hydrogen (secondary N) is 1. The van der Waals surface area contributed by atoms with Gasteiger partial charge in [0.25, 0.3) is 0 Å². The molecule has 0 unspecified atom stereocenters. The van der Waals surface area contributed by atoms with Crippen molar-refractivity contribution in [2.24, 2.45) is 0 Å². The number of likely N-dealkylation sites (tertiary alicyclic amines) is 1. The van der Waals surface area contributed by atoms with Crippen LogP contribution in [0.25, 0.3) is 0 Å². The average Bonchev–Trinajstić information content (AvgIpc) is 2.85. The normalized spacial score (nSPS) is 18.0. The van der Waals surface area contributed by atoms with Crippen LogP contribution in [0.3, 0.4) is 0 Å². The van der Waals surface area contributed by atoms with Crippen molar-refractivity contribution >= 4 is 17.5 Å². The molecule has 172 valence electrons. The Bertz CT molecular complexity index is 1030. The van der Waals surface area contributed by atoms with Crippen LogP contribution < -0.4 is 5.32 Å². The van der Waals surface area contributed by atoms with E-state index in [1.165, 1.54) is 12.5 Å². The molecule has 0 spiro atoms. The Morgan fingerprint density at radius 2 is 1.73 bits per heavy atom. The molecule has 33 heavy (non-hydrogen) atoms. The van der Waals surface area contributed by atoms with Gasteiger partial charge >= 0.3 is 6.03 Å². The molecule has 0 bridgehead atoms. The number of carbonyl (C=O) groups excluding carboxylic acids is 2. The minimum Gasteiger partial charge on any atom is -0.322 e. The largest absolute Gasteiger partial charge is 0.322 e. The van der Waals surface area contributed by atoms with Gasteiger partial charge < -0.3 is 10.2 Å². The third-order valence-corrected chi connectivity index (χ3v) is 6.66. The number of amides is 2. The molecule has 1 N–H and O–H groups in total. The number of nitrogens with zero attached hydrogens (tertiary/aromatic N) is 4. The molecule has 2 saturated heterocycles. The van der Waals surface area contributed by atoms with Crippen LogP contribution in [0, 0.1) is 11.3 Å². The Morgan fingerprint density at radius 1 is 1.00 bits per heavy atom. The summed E-state index contributed by atoms with van der Waals surface area (Å²) in [5.74, 6) is -0.0125. The van der Waals surface area contributed by atoms with E-state index in [-0.39, 0.29) is 11.8 Å². The van der Waals surface area contributed by atoms with Gasteiger partial charge in [-0.05, 0) is 62.7 Å². The summed E-state index contributed by atoms with van der Waals surface area (Å²) in [6.45, 7) is 7.70. The molecule has 4 rings (SSSR count). The number of rotatable bonds is 5. The Hall–Kier alpha value is -3.21. The van der Waals surface area contributed by atoms with Crippen LogP contribution in [0.15, 0.2) is 48.5 Å². The van der Waals surface area contributed by atoms with Crippen molar-refractivity contribution in [1.29, 1.82) is 5.26 Å². The standard InChI is InChI=1S/C26H31N5O2/c1-20(32)23-6-3-7-24(17-23)28-26(33)31-14-12-30(13-15-31)25-8-10-29(11-9-25)19-22-5-2-4-21(16-22)18-27/h2-7,16-17,25H,8-15,19H2,1H3,(H,28,33). The second kappa shape index (κ2) is 10.6. The van der Waals surface area contributed by atoms with Crippen molar-refractivity contribution in [1.82, 2.24) is 14.7 Å². The summed E-state index contributed by atoms with van der Waals surface area (Å²) < 4.78 is 0. The van der Waals surface area contributed by atoms with Gasteiger partial charge in [0.05, 0.1) is 11.6 Å². The Kier molecular flexibility index (Phi) is 7.38. The second-order valence-corrected chi connectivity index (χ2v) is 8.91. The van der Waals surface area contributed by atoms with Gasteiger partial charge in [-0.15, -0.1) is 0 Å². The Morgan fingerprint density at radius 3 is 2.42 bits per heavy atom. The molecule has 2 heterocycles. The number of piperidine rings is 1. The first-order valence-electron chi connectivity index (χ1n) is 11.6. The Balaban J connectivity index is 1.22. The lowest BCUT2D eigenvalue weighted by atomic mass is 10.0. The molecule has 7 nitrogen and oxygen atoms in total. The summed E-state index contributed by atoms with van der Waals surface area (Å²) in [6.07, 6.45) is 2.25. The van der Waals surface area contributed by atoms with E-state index in [0.29, 0.717) is 30.4 Å².